The van der Waals surface area contributed by atoms with Crippen LogP contribution in [0.15, 0.2) is 42.5 Å². The molecule has 136 valence electrons. The lowest BCUT2D eigenvalue weighted by Crippen LogP contribution is -2.48. The monoisotopic (exact) mass is 368 g/mol. The molecule has 2 N–H and O–H groups in total. The lowest BCUT2D eigenvalue weighted by Gasteiger charge is -2.41. The van der Waals surface area contributed by atoms with Gasteiger partial charge >= 0.3 is 0 Å². The minimum atomic E-state index is -1.86. The summed E-state index contributed by atoms with van der Waals surface area (Å²) in [6.07, 6.45) is 0. The molecule has 6 heteroatoms. The Morgan fingerprint density at radius 3 is 2.24 bits per heavy atom. The Hall–Kier alpha value is -1.63. The standard InChI is InChI=1S/C19H22F2O3S/c1-18(2,25-11-13-4-7-15(24-3)8-5-13)19(23,12-22)16-9-6-14(20)10-17(16)21/h4-10,22-23H,11-12H2,1-3H3/t19-/m0/s1. The van der Waals surface area contributed by atoms with Gasteiger partial charge in [0.15, 0.2) is 0 Å². The SMILES string of the molecule is COc1ccc(CSC(C)(C)[C@](O)(CO)c2ccc(F)cc2F)cc1. The molecule has 0 amide bonds. The Kier molecular flexibility index (Phi) is 6.08. The number of hydrogen-bond donors (Lipinski definition) is 2. The molecule has 0 saturated carbocycles. The number of hydrogen-bond acceptors (Lipinski definition) is 4. The van der Waals surface area contributed by atoms with Crippen LogP contribution in [0.25, 0.3) is 0 Å². The maximum atomic E-state index is 14.2. The second-order valence-corrected chi connectivity index (χ2v) is 7.89. The van der Waals surface area contributed by atoms with Crippen LogP contribution in [0.1, 0.15) is 25.0 Å². The molecule has 0 radical (unpaired) electrons. The molecule has 0 heterocycles. The highest BCUT2D eigenvalue weighted by Gasteiger charge is 2.46. The van der Waals surface area contributed by atoms with Crippen LogP contribution in [-0.4, -0.2) is 28.7 Å². The van der Waals surface area contributed by atoms with E-state index in [1.807, 2.05) is 24.3 Å². The van der Waals surface area contributed by atoms with Crippen molar-refractivity contribution >= 4 is 11.8 Å². The highest BCUT2D eigenvalue weighted by molar-refractivity contribution is 7.99. The van der Waals surface area contributed by atoms with E-state index in [1.54, 1.807) is 21.0 Å². The van der Waals surface area contributed by atoms with Gasteiger partial charge in [0.1, 0.15) is 23.0 Å². The van der Waals surface area contributed by atoms with E-state index >= 15 is 0 Å². The van der Waals surface area contributed by atoms with E-state index < -0.39 is 28.6 Å². The summed E-state index contributed by atoms with van der Waals surface area (Å²) < 4.78 is 31.5. The second-order valence-electron chi connectivity index (χ2n) is 6.29. The fourth-order valence-corrected chi connectivity index (χ4v) is 3.66. The zero-order chi connectivity index (χ0) is 18.7. The summed E-state index contributed by atoms with van der Waals surface area (Å²) >= 11 is 1.37. The van der Waals surface area contributed by atoms with Gasteiger partial charge in [0, 0.05) is 22.1 Å². The van der Waals surface area contributed by atoms with Crippen molar-refractivity contribution < 1.29 is 23.7 Å². The van der Waals surface area contributed by atoms with Crippen LogP contribution >= 0.6 is 11.8 Å². The molecule has 0 fully saturated rings. The Morgan fingerprint density at radius 2 is 1.72 bits per heavy atom. The molecule has 0 unspecified atom stereocenters. The molecular formula is C19H22F2O3S. The average Bonchev–Trinajstić information content (AvgIpc) is 2.59. The molecule has 0 aliphatic rings. The quantitative estimate of drug-likeness (QED) is 0.779. The van der Waals surface area contributed by atoms with Crippen molar-refractivity contribution in [1.82, 2.24) is 0 Å². The molecule has 0 aliphatic heterocycles. The molecule has 2 aromatic rings. The summed E-state index contributed by atoms with van der Waals surface area (Å²) in [5, 5.41) is 20.8. The van der Waals surface area contributed by atoms with Crippen LogP contribution < -0.4 is 4.74 Å². The van der Waals surface area contributed by atoms with Crippen molar-refractivity contribution in [3.8, 4) is 5.75 Å². The molecule has 0 bridgehead atoms. The summed E-state index contributed by atoms with van der Waals surface area (Å²) in [7, 11) is 1.59. The van der Waals surface area contributed by atoms with Gasteiger partial charge in [-0.15, -0.1) is 11.8 Å². The molecule has 3 nitrogen and oxygen atoms in total. The van der Waals surface area contributed by atoms with Gasteiger partial charge in [-0.3, -0.25) is 0 Å². The first-order valence-electron chi connectivity index (χ1n) is 7.79. The third-order valence-electron chi connectivity index (χ3n) is 4.36. The Labute approximate surface area is 150 Å². The normalized spacial score (nSPS) is 14.2. The Balaban J connectivity index is 2.24. The van der Waals surface area contributed by atoms with Crippen LogP contribution in [0.5, 0.6) is 5.75 Å². The van der Waals surface area contributed by atoms with E-state index in [2.05, 4.69) is 0 Å². The van der Waals surface area contributed by atoms with E-state index in [4.69, 9.17) is 4.74 Å². The lowest BCUT2D eigenvalue weighted by atomic mass is 9.83. The molecule has 2 rings (SSSR count). The minimum Gasteiger partial charge on any atom is -0.497 e. The third-order valence-corrected chi connectivity index (χ3v) is 5.90. The van der Waals surface area contributed by atoms with Gasteiger partial charge in [-0.05, 0) is 37.6 Å². The van der Waals surface area contributed by atoms with Crippen LogP contribution in [0.4, 0.5) is 8.78 Å². The minimum absolute atomic E-state index is 0.122. The molecule has 0 aliphatic carbocycles. The molecular weight excluding hydrogens is 346 g/mol. The predicted octanol–water partition coefficient (Wildman–Crippen LogP) is 3.87. The highest BCUT2D eigenvalue weighted by atomic mass is 32.2. The summed E-state index contributed by atoms with van der Waals surface area (Å²) in [5.41, 5.74) is -0.982. The van der Waals surface area contributed by atoms with Crippen LogP contribution in [0.3, 0.4) is 0 Å². The van der Waals surface area contributed by atoms with Gasteiger partial charge in [-0.25, -0.2) is 8.78 Å². The van der Waals surface area contributed by atoms with Gasteiger partial charge in [-0.2, -0.15) is 0 Å². The molecule has 0 spiro atoms. The molecule has 25 heavy (non-hydrogen) atoms. The van der Waals surface area contributed by atoms with Crippen molar-refractivity contribution in [2.24, 2.45) is 0 Å². The van der Waals surface area contributed by atoms with Crippen LogP contribution in [0, 0.1) is 11.6 Å². The average molecular weight is 368 g/mol. The highest BCUT2D eigenvalue weighted by Crippen LogP contribution is 2.44. The molecule has 2 aromatic carbocycles. The third kappa shape index (κ3) is 4.14. The van der Waals surface area contributed by atoms with Gasteiger partial charge in [0.05, 0.1) is 13.7 Å². The maximum Gasteiger partial charge on any atom is 0.132 e. The largest absolute Gasteiger partial charge is 0.497 e. The first-order valence-corrected chi connectivity index (χ1v) is 8.78. The van der Waals surface area contributed by atoms with Gasteiger partial charge in [-0.1, -0.05) is 18.2 Å². The zero-order valence-corrected chi connectivity index (χ0v) is 15.2. The van der Waals surface area contributed by atoms with E-state index in [-0.39, 0.29) is 5.56 Å². The number of aliphatic hydroxyl groups is 2. The Bertz CT molecular complexity index is 719. The van der Waals surface area contributed by atoms with Crippen LogP contribution in [-0.2, 0) is 11.4 Å². The van der Waals surface area contributed by atoms with Gasteiger partial charge in [0.25, 0.3) is 0 Å². The van der Waals surface area contributed by atoms with Crippen molar-refractivity contribution in [1.29, 1.82) is 0 Å². The fourth-order valence-electron chi connectivity index (χ4n) is 2.53. The summed E-state index contributed by atoms with van der Waals surface area (Å²) in [5.74, 6) is -0.324. The Morgan fingerprint density at radius 1 is 1.08 bits per heavy atom. The first kappa shape index (κ1) is 19.7. The van der Waals surface area contributed by atoms with E-state index in [0.29, 0.717) is 11.8 Å². The van der Waals surface area contributed by atoms with Crippen LogP contribution in [0.2, 0.25) is 0 Å². The lowest BCUT2D eigenvalue weighted by molar-refractivity contribution is -0.0458. The number of benzene rings is 2. The number of rotatable bonds is 7. The number of thioether (sulfide) groups is 1. The smallest absolute Gasteiger partial charge is 0.132 e. The van der Waals surface area contributed by atoms with Gasteiger partial charge < -0.3 is 14.9 Å². The van der Waals surface area contributed by atoms with E-state index in [9.17, 15) is 19.0 Å². The zero-order valence-electron chi connectivity index (χ0n) is 14.4. The molecule has 1 atom stereocenters. The van der Waals surface area contributed by atoms with Crippen molar-refractivity contribution in [2.75, 3.05) is 13.7 Å². The summed E-state index contributed by atoms with van der Waals surface area (Å²) in [6, 6.07) is 10.4. The van der Waals surface area contributed by atoms with Crippen molar-refractivity contribution in [3.05, 3.63) is 65.2 Å². The topological polar surface area (TPSA) is 49.7 Å². The van der Waals surface area contributed by atoms with E-state index in [0.717, 1.165) is 17.4 Å². The number of ether oxygens (including phenoxy) is 1. The number of halogens is 2. The second kappa shape index (κ2) is 7.72. The van der Waals surface area contributed by atoms with Crippen molar-refractivity contribution in [3.63, 3.8) is 0 Å². The fraction of sp³-hybridized carbons (Fsp3) is 0.368. The summed E-state index contributed by atoms with van der Waals surface area (Å²) in [4.78, 5) is 0. The molecule has 0 saturated heterocycles. The maximum absolute atomic E-state index is 14.2. The van der Waals surface area contributed by atoms with Gasteiger partial charge in [0.2, 0.25) is 0 Å². The number of methoxy groups -OCH3 is 1. The first-order chi connectivity index (χ1) is 11.7. The van der Waals surface area contributed by atoms with E-state index in [1.165, 1.54) is 17.8 Å². The van der Waals surface area contributed by atoms with Crippen molar-refractivity contribution in [2.45, 2.75) is 29.9 Å². The predicted molar refractivity (Wildman–Crippen MR) is 95.7 cm³/mol. The summed E-state index contributed by atoms with van der Waals surface area (Å²) in [6.45, 7) is 2.76. The number of aliphatic hydroxyl groups excluding tert-OH is 1. The molecule has 0 aromatic heterocycles.